The van der Waals surface area contributed by atoms with Crippen molar-refractivity contribution in [3.8, 4) is 6.07 Å². The van der Waals surface area contributed by atoms with Crippen molar-refractivity contribution in [3.63, 3.8) is 0 Å². The van der Waals surface area contributed by atoms with Crippen LogP contribution in [-0.4, -0.2) is 5.38 Å². The first-order chi connectivity index (χ1) is 7.34. The minimum absolute atomic E-state index is 0.0539. The van der Waals surface area contributed by atoms with Crippen LogP contribution in [0.2, 0.25) is 5.02 Å². The molecule has 6 heteroatoms. The summed E-state index contributed by atoms with van der Waals surface area (Å²) in [6, 6.07) is 5.22. The molecule has 0 spiro atoms. The quantitative estimate of drug-likeness (QED) is 0.743. The second-order valence-corrected chi connectivity index (χ2v) is 4.05. The van der Waals surface area contributed by atoms with E-state index in [1.807, 2.05) is 0 Å². The Morgan fingerprint density at radius 2 is 2.00 bits per heavy atom. The van der Waals surface area contributed by atoms with Crippen LogP contribution in [0.1, 0.15) is 11.1 Å². The van der Waals surface area contributed by atoms with Gasteiger partial charge in [-0.3, -0.25) is 0 Å². The summed E-state index contributed by atoms with van der Waals surface area (Å²) in [7, 11) is 0. The lowest BCUT2D eigenvalue weighted by molar-refractivity contribution is -0.137. The van der Waals surface area contributed by atoms with Crippen molar-refractivity contribution in [3.05, 3.63) is 34.3 Å². The third-order valence-corrected chi connectivity index (χ3v) is 2.47. The fourth-order valence-corrected chi connectivity index (χ4v) is 1.57. The van der Waals surface area contributed by atoms with Gasteiger partial charge in [-0.1, -0.05) is 17.7 Å². The summed E-state index contributed by atoms with van der Waals surface area (Å²) in [5, 5.41) is 7.24. The first-order valence-electron chi connectivity index (χ1n) is 4.24. The minimum Gasteiger partial charge on any atom is -0.197 e. The van der Waals surface area contributed by atoms with Crippen molar-refractivity contribution in [1.82, 2.24) is 0 Å². The monoisotopic (exact) mass is 267 g/mol. The third kappa shape index (κ3) is 3.29. The van der Waals surface area contributed by atoms with Crippen LogP contribution in [0.15, 0.2) is 18.2 Å². The summed E-state index contributed by atoms with van der Waals surface area (Å²) >= 11 is 11.0. The molecule has 16 heavy (non-hydrogen) atoms. The Balaban J connectivity index is 3.04. The second-order valence-electron chi connectivity index (χ2n) is 3.11. The maximum Gasteiger partial charge on any atom is 0.417 e. The Kier molecular flexibility index (Phi) is 4.06. The maximum absolute atomic E-state index is 12.5. The van der Waals surface area contributed by atoms with Gasteiger partial charge >= 0.3 is 6.18 Å². The Labute approximate surface area is 100 Å². The smallest absolute Gasteiger partial charge is 0.197 e. The zero-order valence-corrected chi connectivity index (χ0v) is 9.37. The zero-order chi connectivity index (χ0) is 12.3. The molecule has 1 aromatic rings. The Bertz CT molecular complexity index is 423. The summed E-state index contributed by atoms with van der Waals surface area (Å²) in [6.07, 6.45) is -4.44. The highest BCUT2D eigenvalue weighted by molar-refractivity contribution is 6.31. The molecular weight excluding hydrogens is 262 g/mol. The van der Waals surface area contributed by atoms with E-state index in [0.29, 0.717) is 5.56 Å². The molecule has 0 bridgehead atoms. The number of hydrogen-bond donors (Lipinski definition) is 0. The largest absolute Gasteiger partial charge is 0.417 e. The lowest BCUT2D eigenvalue weighted by atomic mass is 10.1. The van der Waals surface area contributed by atoms with Crippen LogP contribution < -0.4 is 0 Å². The average Bonchev–Trinajstić information content (AvgIpc) is 2.19. The van der Waals surface area contributed by atoms with E-state index in [4.69, 9.17) is 28.5 Å². The number of benzene rings is 1. The van der Waals surface area contributed by atoms with Crippen molar-refractivity contribution >= 4 is 23.2 Å². The summed E-state index contributed by atoms with van der Waals surface area (Å²) in [4.78, 5) is 0. The average molecular weight is 268 g/mol. The number of halogens is 5. The summed E-state index contributed by atoms with van der Waals surface area (Å²) < 4.78 is 37.4. The van der Waals surface area contributed by atoms with Gasteiger partial charge in [0.2, 0.25) is 0 Å². The molecule has 0 fully saturated rings. The molecule has 0 unspecified atom stereocenters. The lowest BCUT2D eigenvalue weighted by Crippen LogP contribution is -2.08. The van der Waals surface area contributed by atoms with Gasteiger partial charge in [-0.15, -0.1) is 11.6 Å². The predicted molar refractivity (Wildman–Crippen MR) is 55.4 cm³/mol. The van der Waals surface area contributed by atoms with E-state index < -0.39 is 17.1 Å². The van der Waals surface area contributed by atoms with Gasteiger partial charge in [-0.25, -0.2) is 0 Å². The van der Waals surface area contributed by atoms with Gasteiger partial charge in [0, 0.05) is 6.42 Å². The van der Waals surface area contributed by atoms with Crippen LogP contribution in [0, 0.1) is 11.3 Å². The SMILES string of the molecule is N#C[C@@H](Cl)Cc1ccc(Cl)c(C(F)(F)F)c1. The van der Waals surface area contributed by atoms with Crippen molar-refractivity contribution in [2.24, 2.45) is 0 Å². The zero-order valence-electron chi connectivity index (χ0n) is 7.85. The molecule has 0 aliphatic rings. The highest BCUT2D eigenvalue weighted by Crippen LogP contribution is 2.35. The fourth-order valence-electron chi connectivity index (χ4n) is 1.17. The fraction of sp³-hybridized carbons (Fsp3) is 0.300. The van der Waals surface area contributed by atoms with E-state index in [9.17, 15) is 13.2 Å². The van der Waals surface area contributed by atoms with E-state index in [-0.39, 0.29) is 11.4 Å². The molecule has 1 aromatic carbocycles. The van der Waals surface area contributed by atoms with Gasteiger partial charge in [0.25, 0.3) is 0 Å². The van der Waals surface area contributed by atoms with Gasteiger partial charge in [-0.05, 0) is 17.7 Å². The lowest BCUT2D eigenvalue weighted by Gasteiger charge is -2.10. The van der Waals surface area contributed by atoms with Gasteiger partial charge in [0.1, 0.15) is 5.38 Å². The topological polar surface area (TPSA) is 23.8 Å². The number of rotatable bonds is 2. The molecular formula is C10H6Cl2F3N. The maximum atomic E-state index is 12.5. The molecule has 0 saturated heterocycles. The highest BCUT2D eigenvalue weighted by Gasteiger charge is 2.33. The molecule has 86 valence electrons. The standard InChI is InChI=1S/C10H6Cl2F3N/c11-7(5-16)3-6-1-2-9(12)8(4-6)10(13,14)15/h1-2,4,7H,3H2/t7-/m0/s1. The number of alkyl halides is 4. The summed E-state index contributed by atoms with van der Waals surface area (Å²) in [6.45, 7) is 0. The minimum atomic E-state index is -4.50. The molecule has 0 aliphatic heterocycles. The number of nitriles is 1. The Hall–Kier alpha value is -0.920. The number of nitrogens with zero attached hydrogens (tertiary/aromatic N) is 1. The number of hydrogen-bond acceptors (Lipinski definition) is 1. The summed E-state index contributed by atoms with van der Waals surface area (Å²) in [5.74, 6) is 0. The van der Waals surface area contributed by atoms with Crippen molar-refractivity contribution in [1.29, 1.82) is 5.26 Å². The van der Waals surface area contributed by atoms with Crippen molar-refractivity contribution in [2.75, 3.05) is 0 Å². The highest BCUT2D eigenvalue weighted by atomic mass is 35.5. The van der Waals surface area contributed by atoms with E-state index in [1.54, 1.807) is 6.07 Å². The van der Waals surface area contributed by atoms with Crippen molar-refractivity contribution in [2.45, 2.75) is 18.0 Å². The molecule has 0 aliphatic carbocycles. The van der Waals surface area contributed by atoms with Crippen LogP contribution in [0.4, 0.5) is 13.2 Å². The molecule has 0 aromatic heterocycles. The van der Waals surface area contributed by atoms with E-state index in [0.717, 1.165) is 12.1 Å². The van der Waals surface area contributed by atoms with Gasteiger partial charge in [0.15, 0.2) is 0 Å². The van der Waals surface area contributed by atoms with Gasteiger partial charge < -0.3 is 0 Å². The first-order valence-corrected chi connectivity index (χ1v) is 5.05. The molecule has 1 atom stereocenters. The normalized spacial score (nSPS) is 13.2. The van der Waals surface area contributed by atoms with Gasteiger partial charge in [0.05, 0.1) is 16.7 Å². The van der Waals surface area contributed by atoms with E-state index in [2.05, 4.69) is 0 Å². The van der Waals surface area contributed by atoms with Crippen LogP contribution >= 0.6 is 23.2 Å². The predicted octanol–water partition coefficient (Wildman–Crippen LogP) is 4.03. The van der Waals surface area contributed by atoms with Crippen LogP contribution in [0.3, 0.4) is 0 Å². The van der Waals surface area contributed by atoms with E-state index >= 15 is 0 Å². The van der Waals surface area contributed by atoms with Crippen LogP contribution in [0.5, 0.6) is 0 Å². The first kappa shape index (κ1) is 13.1. The Morgan fingerprint density at radius 1 is 1.38 bits per heavy atom. The molecule has 0 heterocycles. The van der Waals surface area contributed by atoms with Crippen molar-refractivity contribution < 1.29 is 13.2 Å². The molecule has 1 nitrogen and oxygen atoms in total. The molecule has 0 saturated carbocycles. The van der Waals surface area contributed by atoms with Gasteiger partial charge in [-0.2, -0.15) is 18.4 Å². The second kappa shape index (κ2) is 4.94. The van der Waals surface area contributed by atoms with E-state index in [1.165, 1.54) is 6.07 Å². The molecule has 0 N–H and O–H groups in total. The Morgan fingerprint density at radius 3 is 2.50 bits per heavy atom. The van der Waals surface area contributed by atoms with Crippen LogP contribution in [0.25, 0.3) is 0 Å². The molecule has 1 rings (SSSR count). The summed E-state index contributed by atoms with van der Waals surface area (Å²) in [5.41, 5.74) is -0.577. The third-order valence-electron chi connectivity index (χ3n) is 1.89. The molecule has 0 amide bonds. The van der Waals surface area contributed by atoms with Crippen LogP contribution in [-0.2, 0) is 12.6 Å². The molecule has 0 radical (unpaired) electrons.